The second-order valence-electron chi connectivity index (χ2n) is 10.9. The van der Waals surface area contributed by atoms with Gasteiger partial charge in [0.2, 0.25) is 11.8 Å². The van der Waals surface area contributed by atoms with E-state index >= 15 is 0 Å². The van der Waals surface area contributed by atoms with Gasteiger partial charge >= 0.3 is 0 Å². The fourth-order valence-corrected chi connectivity index (χ4v) is 5.92. The molecule has 0 aromatic heterocycles. The summed E-state index contributed by atoms with van der Waals surface area (Å²) in [7, 11) is 1.67. The highest BCUT2D eigenvalue weighted by molar-refractivity contribution is 5.84. The van der Waals surface area contributed by atoms with Crippen LogP contribution in [0.25, 0.3) is 0 Å². The highest BCUT2D eigenvalue weighted by atomic mass is 16.5. The Bertz CT molecular complexity index is 651. The van der Waals surface area contributed by atoms with Gasteiger partial charge in [-0.15, -0.1) is 0 Å². The van der Waals surface area contributed by atoms with Gasteiger partial charge in [0.15, 0.2) is 0 Å². The van der Waals surface area contributed by atoms with E-state index in [1.165, 1.54) is 6.42 Å². The Morgan fingerprint density at radius 2 is 1.71 bits per heavy atom. The van der Waals surface area contributed by atoms with E-state index in [1.807, 2.05) is 0 Å². The minimum atomic E-state index is -0.467. The molecule has 3 atom stereocenters. The molecule has 2 N–H and O–H groups in total. The molecule has 0 bridgehead atoms. The van der Waals surface area contributed by atoms with Crippen LogP contribution < -0.4 is 10.6 Å². The van der Waals surface area contributed by atoms with E-state index in [1.54, 1.807) is 7.11 Å². The maximum Gasteiger partial charge on any atom is 0.229 e. The van der Waals surface area contributed by atoms with E-state index < -0.39 is 5.41 Å². The summed E-state index contributed by atoms with van der Waals surface area (Å²) in [6.07, 6.45) is 15.1. The predicted octanol–water partition coefficient (Wildman–Crippen LogP) is 4.76. The molecule has 5 heteroatoms. The fourth-order valence-electron chi connectivity index (χ4n) is 5.92. The molecule has 0 radical (unpaired) electrons. The zero-order valence-electron chi connectivity index (χ0n) is 20.2. The summed E-state index contributed by atoms with van der Waals surface area (Å²) in [6, 6.07) is 0.0893. The van der Waals surface area contributed by atoms with Gasteiger partial charge in [0.1, 0.15) is 0 Å². The predicted molar refractivity (Wildman–Crippen MR) is 125 cm³/mol. The van der Waals surface area contributed by atoms with Gasteiger partial charge in [0.05, 0.1) is 12.0 Å². The quantitative estimate of drug-likeness (QED) is 0.544. The Morgan fingerprint density at radius 1 is 1.03 bits per heavy atom. The van der Waals surface area contributed by atoms with Crippen LogP contribution in [0.5, 0.6) is 0 Å². The fraction of sp³-hybridized carbons (Fsp3) is 0.846. The number of hydrogen-bond donors (Lipinski definition) is 2. The first kappa shape index (κ1) is 24.3. The number of allylic oxidation sites excluding steroid dienone is 2. The second-order valence-corrected chi connectivity index (χ2v) is 10.9. The molecule has 0 spiro atoms. The molecule has 31 heavy (non-hydrogen) atoms. The van der Waals surface area contributed by atoms with Crippen LogP contribution in [0.15, 0.2) is 12.2 Å². The van der Waals surface area contributed by atoms with Crippen molar-refractivity contribution in [2.45, 2.75) is 103 Å². The van der Waals surface area contributed by atoms with Gasteiger partial charge in [-0.1, -0.05) is 39.3 Å². The monoisotopic (exact) mass is 432 g/mol. The van der Waals surface area contributed by atoms with Crippen molar-refractivity contribution < 1.29 is 14.3 Å². The number of carbonyl (C=O) groups excluding carboxylic acids is 2. The molecule has 2 saturated carbocycles. The van der Waals surface area contributed by atoms with E-state index in [0.717, 1.165) is 70.1 Å². The lowest BCUT2D eigenvalue weighted by molar-refractivity contribution is -0.136. The summed E-state index contributed by atoms with van der Waals surface area (Å²) in [5, 5.41) is 6.62. The molecule has 3 aliphatic rings. The molecule has 5 nitrogen and oxygen atoms in total. The zero-order chi connectivity index (χ0) is 22.5. The molecule has 0 aromatic carbocycles. The van der Waals surface area contributed by atoms with Gasteiger partial charge in [-0.2, -0.15) is 0 Å². The third-order valence-electron chi connectivity index (χ3n) is 8.64. The summed E-state index contributed by atoms with van der Waals surface area (Å²) in [4.78, 5) is 26.2. The van der Waals surface area contributed by atoms with Crippen molar-refractivity contribution in [3.05, 3.63) is 12.2 Å². The van der Waals surface area contributed by atoms with Crippen molar-refractivity contribution >= 4 is 11.8 Å². The first-order valence-electron chi connectivity index (χ1n) is 12.6. The van der Waals surface area contributed by atoms with E-state index in [4.69, 9.17) is 4.74 Å². The van der Waals surface area contributed by atoms with Gasteiger partial charge < -0.3 is 15.4 Å². The van der Waals surface area contributed by atoms with Gasteiger partial charge in [0, 0.05) is 25.1 Å². The second kappa shape index (κ2) is 10.5. The molecular weight excluding hydrogens is 388 g/mol. The van der Waals surface area contributed by atoms with Crippen LogP contribution in [0.2, 0.25) is 0 Å². The number of nitrogens with one attached hydrogen (secondary N) is 2. The summed E-state index contributed by atoms with van der Waals surface area (Å²) in [5.74, 6) is 1.14. The van der Waals surface area contributed by atoms with Crippen molar-refractivity contribution in [2.24, 2.45) is 22.7 Å². The van der Waals surface area contributed by atoms with Crippen LogP contribution in [0.4, 0.5) is 0 Å². The molecule has 3 aliphatic carbocycles. The standard InChI is InChI=1S/C26H44N2O3/c1-5-25(2,3)20-14-12-19(13-15-20)23(29)27-21-10-9-11-22(21)28-24(30)26(18-31-4)16-7-6-8-17-26/h6-7,19-22H,5,8-18H2,1-4H3,(H,27,29)(H,28,30)/t19?,20?,21-,22-,26?/m1/s1. The SMILES string of the molecule is CCC(C)(C)C1CCC(C(=O)N[C@@H]2CCC[C@H]2NC(=O)C2(COC)CC=CCC2)CC1. The lowest BCUT2D eigenvalue weighted by Gasteiger charge is -2.39. The van der Waals surface area contributed by atoms with E-state index in [-0.39, 0.29) is 29.8 Å². The van der Waals surface area contributed by atoms with Gasteiger partial charge in [0.25, 0.3) is 0 Å². The van der Waals surface area contributed by atoms with Crippen LogP contribution in [0.1, 0.15) is 91.4 Å². The van der Waals surface area contributed by atoms with Gasteiger partial charge in [-0.3, -0.25) is 9.59 Å². The number of hydrogen-bond acceptors (Lipinski definition) is 3. The molecule has 0 saturated heterocycles. The third kappa shape index (κ3) is 5.71. The molecular formula is C26H44N2O3. The average Bonchev–Trinajstić information content (AvgIpc) is 3.21. The van der Waals surface area contributed by atoms with Crippen molar-refractivity contribution in [3.8, 4) is 0 Å². The largest absolute Gasteiger partial charge is 0.384 e. The highest BCUT2D eigenvalue weighted by Gasteiger charge is 2.41. The average molecular weight is 433 g/mol. The Kier molecular flexibility index (Phi) is 8.23. The Hall–Kier alpha value is -1.36. The number of amides is 2. The number of rotatable bonds is 8. The Morgan fingerprint density at radius 3 is 2.29 bits per heavy atom. The lowest BCUT2D eigenvalue weighted by Crippen LogP contribution is -2.54. The summed E-state index contributed by atoms with van der Waals surface area (Å²) in [5.41, 5.74) is -0.0974. The minimum Gasteiger partial charge on any atom is -0.384 e. The summed E-state index contributed by atoms with van der Waals surface area (Å²) < 4.78 is 5.42. The van der Waals surface area contributed by atoms with Crippen LogP contribution in [-0.2, 0) is 14.3 Å². The van der Waals surface area contributed by atoms with Crippen molar-refractivity contribution in [1.29, 1.82) is 0 Å². The first-order valence-corrected chi connectivity index (χ1v) is 12.6. The molecule has 176 valence electrons. The first-order chi connectivity index (χ1) is 14.8. The van der Waals surface area contributed by atoms with E-state index in [2.05, 4.69) is 43.6 Å². The molecule has 1 unspecified atom stereocenters. The van der Waals surface area contributed by atoms with Crippen molar-refractivity contribution in [1.82, 2.24) is 10.6 Å². The molecule has 0 aliphatic heterocycles. The van der Waals surface area contributed by atoms with Crippen molar-refractivity contribution in [3.63, 3.8) is 0 Å². The summed E-state index contributed by atoms with van der Waals surface area (Å²) in [6.45, 7) is 7.45. The maximum atomic E-state index is 13.2. The topological polar surface area (TPSA) is 67.4 Å². The molecule has 0 aromatic rings. The summed E-state index contributed by atoms with van der Waals surface area (Å²) >= 11 is 0. The van der Waals surface area contributed by atoms with Crippen LogP contribution in [0, 0.1) is 22.7 Å². The van der Waals surface area contributed by atoms with Crippen molar-refractivity contribution in [2.75, 3.05) is 13.7 Å². The third-order valence-corrected chi connectivity index (χ3v) is 8.64. The Balaban J connectivity index is 1.53. The molecule has 2 amide bonds. The minimum absolute atomic E-state index is 0.0338. The normalized spacial score (nSPS) is 33.8. The number of ether oxygens (including phenoxy) is 1. The molecule has 3 rings (SSSR count). The molecule has 2 fully saturated rings. The molecule has 0 heterocycles. The van der Waals surface area contributed by atoms with Gasteiger partial charge in [-0.05, 0) is 75.5 Å². The van der Waals surface area contributed by atoms with E-state index in [9.17, 15) is 9.59 Å². The van der Waals surface area contributed by atoms with Crippen LogP contribution in [0.3, 0.4) is 0 Å². The van der Waals surface area contributed by atoms with Crippen LogP contribution >= 0.6 is 0 Å². The number of methoxy groups -OCH3 is 1. The van der Waals surface area contributed by atoms with Crippen LogP contribution in [-0.4, -0.2) is 37.6 Å². The maximum absolute atomic E-state index is 13.2. The smallest absolute Gasteiger partial charge is 0.229 e. The lowest BCUT2D eigenvalue weighted by atomic mass is 9.67. The van der Waals surface area contributed by atoms with Gasteiger partial charge in [-0.25, -0.2) is 0 Å². The number of carbonyl (C=O) groups is 2. The van der Waals surface area contributed by atoms with E-state index in [0.29, 0.717) is 12.0 Å². The highest BCUT2D eigenvalue weighted by Crippen LogP contribution is 2.42. The zero-order valence-corrected chi connectivity index (χ0v) is 20.2. The Labute approximate surface area is 189 Å².